The summed E-state index contributed by atoms with van der Waals surface area (Å²) in [7, 11) is 0. The fraction of sp³-hybridized carbons (Fsp3) is 0.218. The lowest BCUT2D eigenvalue weighted by atomic mass is 10.1. The minimum atomic E-state index is -0.597. The Morgan fingerprint density at radius 1 is 0.771 bits per heavy atom. The van der Waals surface area contributed by atoms with Crippen molar-refractivity contribution >= 4 is 52.2 Å². The van der Waals surface area contributed by atoms with Crippen LogP contribution in [-0.2, 0) is 19.1 Å². The second-order valence-electron chi connectivity index (χ2n) is 15.6. The monoisotopic (exact) mass is 975 g/mol. The number of terminal acetylenes is 1. The van der Waals surface area contributed by atoms with Crippen LogP contribution in [0, 0.1) is 63.7 Å². The molecule has 2 aromatic heterocycles. The van der Waals surface area contributed by atoms with E-state index in [1.54, 1.807) is 40.1 Å². The molecule has 362 valence electrons. The Labute approximate surface area is 422 Å². The number of thioether (sulfide) groups is 1. The third-order valence-electron chi connectivity index (χ3n) is 8.60. The molecule has 0 saturated heterocycles. The van der Waals surface area contributed by atoms with Crippen LogP contribution >= 0.6 is 24.0 Å². The molecule has 70 heavy (non-hydrogen) atoms. The van der Waals surface area contributed by atoms with Gasteiger partial charge >= 0.3 is 11.9 Å². The molecular formula is C55H61N9O4S2. The predicted molar refractivity (Wildman–Crippen MR) is 288 cm³/mol. The fourth-order valence-electron chi connectivity index (χ4n) is 5.47. The molecule has 0 bridgehead atoms. The van der Waals surface area contributed by atoms with Gasteiger partial charge in [-0.15, -0.1) is 23.3 Å². The van der Waals surface area contributed by atoms with Gasteiger partial charge in [-0.25, -0.2) is 24.2 Å². The minimum absolute atomic E-state index is 0.112. The number of carbonyl (C=O) groups is 2. The number of benzene rings is 5. The van der Waals surface area contributed by atoms with Crippen molar-refractivity contribution in [3.8, 4) is 41.2 Å². The zero-order valence-corrected chi connectivity index (χ0v) is 42.9. The number of hydrogen-bond acceptors (Lipinski definition) is 12. The van der Waals surface area contributed by atoms with Gasteiger partial charge in [-0.1, -0.05) is 119 Å². The summed E-state index contributed by atoms with van der Waals surface area (Å²) in [5.74, 6) is 2.28. The number of aryl methyl sites for hydroxylation is 5. The Bertz CT molecular complexity index is 2860. The first-order valence-corrected chi connectivity index (χ1v) is 23.5. The predicted octanol–water partition coefficient (Wildman–Crippen LogP) is 11.2. The van der Waals surface area contributed by atoms with Crippen LogP contribution in [0.5, 0.6) is 0 Å². The van der Waals surface area contributed by atoms with Crippen LogP contribution < -0.4 is 5.73 Å². The number of aromatic nitrogens is 6. The second-order valence-corrected chi connectivity index (χ2v) is 16.9. The first-order valence-electron chi connectivity index (χ1n) is 21.8. The molecule has 2 heterocycles. The number of aromatic amines is 1. The molecule has 0 aliphatic rings. The molecule has 4 N–H and O–H groups in total. The van der Waals surface area contributed by atoms with Crippen LogP contribution in [0.4, 0.5) is 0 Å². The van der Waals surface area contributed by atoms with Crippen molar-refractivity contribution in [1.29, 1.82) is 10.7 Å². The topological polar surface area (TPSA) is 199 Å². The molecule has 13 nitrogen and oxygen atoms in total. The number of ether oxygens (including phenoxy) is 2. The highest BCUT2D eigenvalue weighted by molar-refractivity contribution is 8.13. The van der Waals surface area contributed by atoms with Gasteiger partial charge < -0.3 is 15.2 Å². The Morgan fingerprint density at radius 3 is 1.73 bits per heavy atom. The average Bonchev–Trinajstić information content (AvgIpc) is 4.05. The van der Waals surface area contributed by atoms with Gasteiger partial charge in [0.1, 0.15) is 17.6 Å². The van der Waals surface area contributed by atoms with Gasteiger partial charge in [0.15, 0.2) is 11.6 Å². The SMILES string of the molecule is C#CC(=O)OC(C)C.CSC(=N)c1cccc(C)c1.Cc1cccc(-c2ncn(/C=C\C(=O)OC(C)C)n2)c1.Cc1cccc(-c2ncn[nH]2)c1.Cc1cccc(C#N)c1.Cc1cccc(C(N)=S)c1. The van der Waals surface area contributed by atoms with E-state index in [0.29, 0.717) is 15.9 Å². The summed E-state index contributed by atoms with van der Waals surface area (Å²) in [5.41, 5.74) is 16.0. The van der Waals surface area contributed by atoms with Crippen molar-refractivity contribution in [2.75, 3.05) is 6.26 Å². The highest BCUT2D eigenvalue weighted by atomic mass is 32.2. The largest absolute Gasteiger partial charge is 0.460 e. The summed E-state index contributed by atoms with van der Waals surface area (Å²) in [6, 6.07) is 41.5. The number of carbonyl (C=O) groups excluding carboxylic acids is 2. The van der Waals surface area contributed by atoms with Gasteiger partial charge in [-0.05, 0) is 111 Å². The van der Waals surface area contributed by atoms with Crippen LogP contribution in [0.25, 0.3) is 29.0 Å². The molecule has 0 spiro atoms. The lowest BCUT2D eigenvalue weighted by Crippen LogP contribution is -2.08. The number of thiocarbonyl (C=S) groups is 1. The number of hydrogen-bond donors (Lipinski definition) is 3. The summed E-state index contributed by atoms with van der Waals surface area (Å²) in [5, 5.41) is 27.5. The second kappa shape index (κ2) is 31.9. The first kappa shape index (κ1) is 58.1. The number of esters is 2. The van der Waals surface area contributed by atoms with E-state index in [1.807, 2.05) is 143 Å². The van der Waals surface area contributed by atoms with Crippen molar-refractivity contribution in [2.45, 2.75) is 74.5 Å². The number of H-pyrrole nitrogens is 1. The molecule has 0 amide bonds. The van der Waals surface area contributed by atoms with Crippen molar-refractivity contribution in [2.24, 2.45) is 5.73 Å². The molecule has 7 aromatic rings. The average molecular weight is 976 g/mol. The van der Waals surface area contributed by atoms with Crippen molar-refractivity contribution in [1.82, 2.24) is 29.9 Å². The third-order valence-corrected chi connectivity index (χ3v) is 9.48. The molecule has 0 fully saturated rings. The molecule has 7 rings (SSSR count). The molecule has 0 aliphatic heterocycles. The lowest BCUT2D eigenvalue weighted by molar-refractivity contribution is -0.141. The standard InChI is InChI=1S/C15H17N3O2.C9H9N3.C9H11NS.C8H9NS.C8H7N.C6H8O2/c1-11(2)20-14(19)7-8-18-10-16-15(17-18)13-6-4-5-12(3)9-13;1-7-3-2-4-8(5-7)9-10-6-11-12-9;1-7-4-3-5-8(6-7)9(10)11-2;1-6-3-2-4-7(5-6)8(9)10;1-7-3-2-4-8(5-7)6-9;1-4-6(7)8-5(2)3/h4-11H,1-3H3;2-6H,1H3,(H,10,11,12);3-6,10H,1-2H3;2-5H,1H3,(H2,9,10);2-5H,1H3;1,5H,2-3H3/b8-7-;;;;;. The van der Waals surface area contributed by atoms with Gasteiger partial charge in [0, 0.05) is 40.5 Å². The number of nitriles is 1. The van der Waals surface area contributed by atoms with Gasteiger partial charge in [-0.3, -0.25) is 10.5 Å². The van der Waals surface area contributed by atoms with E-state index in [1.165, 1.54) is 51.7 Å². The Balaban J connectivity index is 0.000000298. The Kier molecular flexibility index (Phi) is 26.5. The normalized spacial score (nSPS) is 9.80. The summed E-state index contributed by atoms with van der Waals surface area (Å²) in [4.78, 5) is 30.3. The van der Waals surface area contributed by atoms with E-state index >= 15 is 0 Å². The van der Waals surface area contributed by atoms with Gasteiger partial charge in [-0.2, -0.15) is 10.4 Å². The van der Waals surface area contributed by atoms with E-state index in [-0.39, 0.29) is 12.2 Å². The summed E-state index contributed by atoms with van der Waals surface area (Å²) >= 11 is 6.27. The first-order chi connectivity index (χ1) is 33.3. The van der Waals surface area contributed by atoms with Crippen LogP contribution in [0.1, 0.15) is 72.2 Å². The van der Waals surface area contributed by atoms with Crippen LogP contribution in [-0.4, -0.2) is 70.4 Å². The van der Waals surface area contributed by atoms with Crippen molar-refractivity contribution in [3.05, 3.63) is 185 Å². The molecule has 15 heteroatoms. The maximum atomic E-state index is 11.4. The van der Waals surface area contributed by atoms with Crippen LogP contribution in [0.3, 0.4) is 0 Å². The van der Waals surface area contributed by atoms with E-state index in [4.69, 9.17) is 39.8 Å². The number of nitrogens with zero attached hydrogens (tertiary/aromatic N) is 6. The molecule has 0 unspecified atom stereocenters. The minimum Gasteiger partial charge on any atom is -0.460 e. The molecule has 0 atom stereocenters. The molecule has 0 saturated carbocycles. The van der Waals surface area contributed by atoms with Crippen LogP contribution in [0.15, 0.2) is 140 Å². The maximum Gasteiger partial charge on any atom is 0.384 e. The Hall–Kier alpha value is -7.98. The zero-order valence-electron chi connectivity index (χ0n) is 41.3. The molecule has 5 aromatic carbocycles. The number of nitrogens with two attached hydrogens (primary N) is 1. The zero-order chi connectivity index (χ0) is 52.0. The highest BCUT2D eigenvalue weighted by Crippen LogP contribution is 2.16. The quantitative estimate of drug-likeness (QED) is 0.0248. The number of nitrogens with one attached hydrogen (secondary N) is 2. The Morgan fingerprint density at radius 2 is 1.29 bits per heavy atom. The van der Waals surface area contributed by atoms with E-state index < -0.39 is 11.9 Å². The molecule has 0 radical (unpaired) electrons. The summed E-state index contributed by atoms with van der Waals surface area (Å²) in [6.45, 7) is 17.2. The van der Waals surface area contributed by atoms with Crippen LogP contribution in [0.2, 0.25) is 0 Å². The molecular weight excluding hydrogens is 915 g/mol. The van der Waals surface area contributed by atoms with E-state index in [0.717, 1.165) is 44.8 Å². The fourth-order valence-corrected chi connectivity index (χ4v) is 5.96. The highest BCUT2D eigenvalue weighted by Gasteiger charge is 2.05. The number of rotatable bonds is 8. The van der Waals surface area contributed by atoms with E-state index in [9.17, 15) is 9.59 Å². The van der Waals surface area contributed by atoms with Gasteiger partial charge in [0.05, 0.1) is 28.9 Å². The van der Waals surface area contributed by atoms with Crippen molar-refractivity contribution in [3.63, 3.8) is 0 Å². The maximum absolute atomic E-state index is 11.4. The molecule has 0 aliphatic carbocycles. The lowest BCUT2D eigenvalue weighted by Gasteiger charge is -2.03. The summed E-state index contributed by atoms with van der Waals surface area (Å²) in [6.07, 6.45) is 12.3. The van der Waals surface area contributed by atoms with E-state index in [2.05, 4.69) is 55.1 Å². The summed E-state index contributed by atoms with van der Waals surface area (Å²) < 4.78 is 11.0. The van der Waals surface area contributed by atoms with Gasteiger partial charge in [0.25, 0.3) is 0 Å². The van der Waals surface area contributed by atoms with Gasteiger partial charge in [0.2, 0.25) is 0 Å². The van der Waals surface area contributed by atoms with Crippen molar-refractivity contribution < 1.29 is 19.1 Å². The smallest absolute Gasteiger partial charge is 0.384 e. The third kappa shape index (κ3) is 24.2.